The second-order valence-electron chi connectivity index (χ2n) is 7.16. The Kier molecular flexibility index (Phi) is 4.65. The van der Waals surface area contributed by atoms with E-state index >= 15 is 0 Å². The van der Waals surface area contributed by atoms with Gasteiger partial charge in [-0.05, 0) is 24.3 Å². The fourth-order valence-corrected chi connectivity index (χ4v) is 4.38. The summed E-state index contributed by atoms with van der Waals surface area (Å²) in [5, 5.41) is 16.4. The topological polar surface area (TPSA) is 111 Å². The molecule has 0 N–H and O–H groups in total. The van der Waals surface area contributed by atoms with Crippen LogP contribution in [0.25, 0.3) is 0 Å². The van der Waals surface area contributed by atoms with Gasteiger partial charge in [-0.3, -0.25) is 19.7 Å². The lowest BCUT2D eigenvalue weighted by Gasteiger charge is -2.13. The van der Waals surface area contributed by atoms with Crippen LogP contribution in [0.1, 0.15) is 12.0 Å². The Morgan fingerprint density at radius 2 is 1.93 bits per heavy atom. The molecule has 3 aliphatic rings. The smallest absolute Gasteiger partial charge is 0.315 e. The van der Waals surface area contributed by atoms with Crippen molar-refractivity contribution in [1.29, 1.82) is 0 Å². The van der Waals surface area contributed by atoms with Crippen LogP contribution >= 0.6 is 0 Å². The molecule has 4 atom stereocenters. The molecule has 2 bridgehead atoms. The fourth-order valence-electron chi connectivity index (χ4n) is 4.38. The first-order valence-corrected chi connectivity index (χ1v) is 9.16. The van der Waals surface area contributed by atoms with Crippen molar-refractivity contribution in [1.82, 2.24) is 5.01 Å². The van der Waals surface area contributed by atoms with Crippen LogP contribution in [-0.4, -0.2) is 41.7 Å². The van der Waals surface area contributed by atoms with Crippen molar-refractivity contribution < 1.29 is 24.0 Å². The monoisotopic (exact) mass is 397 g/mol. The summed E-state index contributed by atoms with van der Waals surface area (Å²) < 4.78 is 10.6. The molecule has 29 heavy (non-hydrogen) atoms. The summed E-state index contributed by atoms with van der Waals surface area (Å²) in [6.45, 7) is 3.59. The van der Waals surface area contributed by atoms with Gasteiger partial charge < -0.3 is 9.47 Å². The van der Waals surface area contributed by atoms with E-state index in [0.29, 0.717) is 5.56 Å². The highest BCUT2D eigenvalue weighted by molar-refractivity contribution is 6.06. The van der Waals surface area contributed by atoms with Gasteiger partial charge in [0.05, 0.1) is 30.1 Å². The summed E-state index contributed by atoms with van der Waals surface area (Å²) in [6, 6.07) is 2.74. The van der Waals surface area contributed by atoms with Crippen LogP contribution < -0.4 is 9.47 Å². The summed E-state index contributed by atoms with van der Waals surface area (Å²) in [7, 11) is 1.36. The number of benzene rings is 1. The number of methoxy groups -OCH3 is 1. The second-order valence-corrected chi connectivity index (χ2v) is 7.16. The van der Waals surface area contributed by atoms with E-state index in [-0.39, 0.29) is 59.3 Å². The number of carbonyl (C=O) groups excluding carboxylic acids is 2. The van der Waals surface area contributed by atoms with Gasteiger partial charge in [0.2, 0.25) is 5.75 Å². The van der Waals surface area contributed by atoms with Crippen molar-refractivity contribution in [2.24, 2.45) is 28.8 Å². The summed E-state index contributed by atoms with van der Waals surface area (Å²) in [6.07, 6.45) is 7.54. The minimum Gasteiger partial charge on any atom is -0.493 e. The highest BCUT2D eigenvalue weighted by Gasteiger charge is 2.59. The Labute approximate surface area is 166 Å². The molecule has 0 spiro atoms. The third kappa shape index (κ3) is 2.98. The number of rotatable bonds is 7. The van der Waals surface area contributed by atoms with Crippen molar-refractivity contribution >= 4 is 23.7 Å². The Balaban J connectivity index is 1.62. The van der Waals surface area contributed by atoms with E-state index in [4.69, 9.17) is 9.47 Å². The van der Waals surface area contributed by atoms with Crippen LogP contribution in [0.4, 0.5) is 5.69 Å². The highest BCUT2D eigenvalue weighted by Crippen LogP contribution is 2.52. The number of imide groups is 1. The number of hydrogen-bond donors (Lipinski definition) is 0. The zero-order chi connectivity index (χ0) is 20.7. The zero-order valence-corrected chi connectivity index (χ0v) is 15.7. The average Bonchev–Trinajstić information content (AvgIpc) is 3.39. The van der Waals surface area contributed by atoms with Crippen LogP contribution in [-0.2, 0) is 9.59 Å². The summed E-state index contributed by atoms with van der Waals surface area (Å²) in [4.78, 5) is 36.2. The highest BCUT2D eigenvalue weighted by atomic mass is 16.6. The predicted molar refractivity (Wildman–Crippen MR) is 103 cm³/mol. The van der Waals surface area contributed by atoms with E-state index in [1.165, 1.54) is 31.5 Å². The van der Waals surface area contributed by atoms with E-state index < -0.39 is 4.92 Å². The minimum absolute atomic E-state index is 0.0277. The van der Waals surface area contributed by atoms with Crippen LogP contribution in [0.5, 0.6) is 11.5 Å². The summed E-state index contributed by atoms with van der Waals surface area (Å²) >= 11 is 0. The average molecular weight is 397 g/mol. The molecule has 2 aliphatic carbocycles. The molecule has 4 rings (SSSR count). The first-order valence-electron chi connectivity index (χ1n) is 9.16. The largest absolute Gasteiger partial charge is 0.493 e. The summed E-state index contributed by atoms with van der Waals surface area (Å²) in [5.41, 5.74) is -0.0101. The Bertz CT molecular complexity index is 939. The van der Waals surface area contributed by atoms with Crippen molar-refractivity contribution in [3.8, 4) is 11.5 Å². The van der Waals surface area contributed by atoms with Crippen molar-refractivity contribution in [2.45, 2.75) is 6.42 Å². The van der Waals surface area contributed by atoms with Crippen molar-refractivity contribution in [3.05, 3.63) is 52.6 Å². The quantitative estimate of drug-likeness (QED) is 0.229. The lowest BCUT2D eigenvalue weighted by molar-refractivity contribution is -0.385. The maximum absolute atomic E-state index is 12.7. The van der Waals surface area contributed by atoms with Crippen LogP contribution in [0, 0.1) is 33.8 Å². The van der Waals surface area contributed by atoms with Gasteiger partial charge in [-0.1, -0.05) is 24.8 Å². The SMILES string of the molecule is C=CCOc1c(OC)cc(C=NN2C(=O)C3C4C=CC(C4)C3C2=O)cc1[N+](=O)[O-]. The van der Waals surface area contributed by atoms with Gasteiger partial charge >= 0.3 is 5.69 Å². The number of allylic oxidation sites excluding steroid dienone is 2. The first-order chi connectivity index (χ1) is 14.0. The molecular formula is C20H19N3O6. The lowest BCUT2D eigenvalue weighted by Crippen LogP contribution is -2.28. The molecule has 9 heteroatoms. The Morgan fingerprint density at radius 3 is 2.48 bits per heavy atom. The zero-order valence-electron chi connectivity index (χ0n) is 15.7. The Hall–Kier alpha value is -3.49. The maximum atomic E-state index is 12.7. The molecule has 2 amide bonds. The van der Waals surface area contributed by atoms with Gasteiger partial charge in [-0.2, -0.15) is 10.1 Å². The van der Waals surface area contributed by atoms with Crippen LogP contribution in [0.15, 0.2) is 42.0 Å². The lowest BCUT2D eigenvalue weighted by atomic mass is 9.85. The van der Waals surface area contributed by atoms with Gasteiger partial charge in [0.1, 0.15) is 6.61 Å². The second kappa shape index (κ2) is 7.16. The Morgan fingerprint density at radius 1 is 1.28 bits per heavy atom. The minimum atomic E-state index is -0.599. The van der Waals surface area contributed by atoms with E-state index in [1.54, 1.807) is 0 Å². The number of fused-ring (bicyclic) bond motifs is 5. The molecule has 1 aromatic carbocycles. The van der Waals surface area contributed by atoms with Gasteiger partial charge in [-0.15, -0.1) is 0 Å². The van der Waals surface area contributed by atoms with E-state index in [0.717, 1.165) is 11.4 Å². The number of ether oxygens (including phenoxy) is 2. The van der Waals surface area contributed by atoms with Crippen molar-refractivity contribution in [3.63, 3.8) is 0 Å². The standard InChI is InChI=1S/C20H19N3O6/c1-3-6-29-18-14(23(26)27)7-11(8-15(18)28-2)10-21-22-19(24)16-12-4-5-13(9-12)17(16)20(22)25/h3-5,7-8,10,12-13,16-17H,1,6,9H2,2H3. The molecule has 2 fully saturated rings. The van der Waals surface area contributed by atoms with Gasteiger partial charge in [0.25, 0.3) is 11.8 Å². The van der Waals surface area contributed by atoms with E-state index in [1.807, 2.05) is 12.2 Å². The number of nitro benzene ring substituents is 1. The molecule has 150 valence electrons. The van der Waals surface area contributed by atoms with E-state index in [2.05, 4.69) is 11.7 Å². The van der Waals surface area contributed by atoms with Crippen molar-refractivity contribution in [2.75, 3.05) is 13.7 Å². The third-order valence-corrected chi connectivity index (χ3v) is 5.59. The van der Waals surface area contributed by atoms with Gasteiger partial charge in [-0.25, -0.2) is 0 Å². The number of hydrogen-bond acceptors (Lipinski definition) is 7. The molecule has 1 saturated carbocycles. The van der Waals surface area contributed by atoms with Gasteiger partial charge in [0.15, 0.2) is 5.75 Å². The molecule has 9 nitrogen and oxygen atoms in total. The fraction of sp³-hybridized carbons (Fsp3) is 0.350. The summed E-state index contributed by atoms with van der Waals surface area (Å²) in [5.74, 6) is -1.06. The molecule has 0 radical (unpaired) electrons. The normalized spacial score (nSPS) is 27.0. The van der Waals surface area contributed by atoms with Crippen LogP contribution in [0.3, 0.4) is 0 Å². The molecule has 0 aromatic heterocycles. The maximum Gasteiger partial charge on any atom is 0.315 e. The van der Waals surface area contributed by atoms with E-state index in [9.17, 15) is 19.7 Å². The van der Waals surface area contributed by atoms with Crippen LogP contribution in [0.2, 0.25) is 0 Å². The predicted octanol–water partition coefficient (Wildman–Crippen LogP) is 2.31. The third-order valence-electron chi connectivity index (χ3n) is 5.59. The van der Waals surface area contributed by atoms with Gasteiger partial charge in [0, 0.05) is 11.6 Å². The molecule has 4 unspecified atom stereocenters. The molecule has 1 heterocycles. The number of nitrogens with zero attached hydrogens (tertiary/aromatic N) is 3. The molecule has 1 aliphatic heterocycles. The molecule has 1 saturated heterocycles. The number of carbonyl (C=O) groups is 2. The number of amides is 2. The number of hydrazone groups is 1. The first kappa shape index (κ1) is 18.9. The number of nitro groups is 1. The molecule has 1 aromatic rings. The molecular weight excluding hydrogens is 378 g/mol.